The van der Waals surface area contributed by atoms with Crippen molar-refractivity contribution in [3.8, 4) is 0 Å². The Balaban J connectivity index is 2.92. The van der Waals surface area contributed by atoms with Gasteiger partial charge < -0.3 is 14.8 Å². The second kappa shape index (κ2) is 11.3. The number of hydrogen-bond acceptors (Lipinski definition) is 4. The van der Waals surface area contributed by atoms with Crippen molar-refractivity contribution in [1.82, 2.24) is 5.32 Å². The minimum Gasteiger partial charge on any atom is -0.385 e. The first-order valence-electron chi connectivity index (χ1n) is 5.11. The molecule has 4 heteroatoms. The number of ether oxygens (including phenoxy) is 2. The van der Waals surface area contributed by atoms with E-state index in [2.05, 4.69) is 18.5 Å². The monoisotopic (exact) mass is 221 g/mol. The van der Waals surface area contributed by atoms with Crippen LogP contribution < -0.4 is 5.32 Å². The average Bonchev–Trinajstić information content (AvgIpc) is 2.21. The maximum Gasteiger partial charge on any atom is 0.0590 e. The molecule has 1 atom stereocenters. The SMILES string of the molecule is COCCCOCCNCC(C)SC. The van der Waals surface area contributed by atoms with Gasteiger partial charge in [-0.3, -0.25) is 0 Å². The molecule has 0 radical (unpaired) electrons. The molecule has 14 heavy (non-hydrogen) atoms. The first kappa shape index (κ1) is 14.2. The summed E-state index contributed by atoms with van der Waals surface area (Å²) < 4.78 is 10.3. The lowest BCUT2D eigenvalue weighted by molar-refractivity contribution is 0.104. The smallest absolute Gasteiger partial charge is 0.0590 e. The van der Waals surface area contributed by atoms with Crippen molar-refractivity contribution in [2.45, 2.75) is 18.6 Å². The third kappa shape index (κ3) is 10.3. The Bertz CT molecular complexity index is 114. The summed E-state index contributed by atoms with van der Waals surface area (Å²) in [5.74, 6) is 0. The van der Waals surface area contributed by atoms with Crippen LogP contribution in [0.1, 0.15) is 13.3 Å². The fourth-order valence-corrected chi connectivity index (χ4v) is 1.22. The van der Waals surface area contributed by atoms with E-state index in [0.717, 1.165) is 39.3 Å². The number of rotatable bonds is 10. The molecule has 0 spiro atoms. The molecule has 1 N–H and O–H groups in total. The van der Waals surface area contributed by atoms with Gasteiger partial charge in [-0.25, -0.2) is 0 Å². The van der Waals surface area contributed by atoms with Crippen LogP contribution in [0.2, 0.25) is 0 Å². The zero-order chi connectivity index (χ0) is 10.6. The van der Waals surface area contributed by atoms with E-state index in [0.29, 0.717) is 5.25 Å². The molecule has 0 heterocycles. The fraction of sp³-hybridized carbons (Fsp3) is 1.00. The molecule has 0 aromatic rings. The summed E-state index contributed by atoms with van der Waals surface area (Å²) in [6, 6.07) is 0. The third-order valence-electron chi connectivity index (χ3n) is 1.89. The molecule has 0 fully saturated rings. The van der Waals surface area contributed by atoms with Gasteiger partial charge in [0.25, 0.3) is 0 Å². The first-order valence-corrected chi connectivity index (χ1v) is 6.40. The van der Waals surface area contributed by atoms with Crippen molar-refractivity contribution < 1.29 is 9.47 Å². The van der Waals surface area contributed by atoms with E-state index in [-0.39, 0.29) is 0 Å². The summed E-state index contributed by atoms with van der Waals surface area (Å²) in [5.41, 5.74) is 0. The van der Waals surface area contributed by atoms with E-state index in [9.17, 15) is 0 Å². The quantitative estimate of drug-likeness (QED) is 0.565. The summed E-state index contributed by atoms with van der Waals surface area (Å²) >= 11 is 1.88. The van der Waals surface area contributed by atoms with Gasteiger partial charge in [0.15, 0.2) is 0 Å². The summed E-state index contributed by atoms with van der Waals surface area (Å²) in [4.78, 5) is 0. The van der Waals surface area contributed by atoms with Gasteiger partial charge in [0.1, 0.15) is 0 Å². The molecule has 0 saturated heterocycles. The van der Waals surface area contributed by atoms with E-state index in [1.807, 2.05) is 11.8 Å². The van der Waals surface area contributed by atoms with E-state index in [1.165, 1.54) is 0 Å². The van der Waals surface area contributed by atoms with E-state index in [1.54, 1.807) is 7.11 Å². The highest BCUT2D eigenvalue weighted by atomic mass is 32.2. The van der Waals surface area contributed by atoms with Crippen LogP contribution in [0.25, 0.3) is 0 Å². The Kier molecular flexibility index (Phi) is 11.5. The molecule has 0 bridgehead atoms. The van der Waals surface area contributed by atoms with Crippen LogP contribution in [-0.4, -0.2) is 51.5 Å². The Morgan fingerprint density at radius 3 is 2.71 bits per heavy atom. The van der Waals surface area contributed by atoms with Crippen LogP contribution in [0.4, 0.5) is 0 Å². The highest BCUT2D eigenvalue weighted by molar-refractivity contribution is 7.99. The Morgan fingerprint density at radius 1 is 1.29 bits per heavy atom. The lowest BCUT2D eigenvalue weighted by Crippen LogP contribution is -2.26. The average molecular weight is 221 g/mol. The largest absolute Gasteiger partial charge is 0.385 e. The molecule has 1 unspecified atom stereocenters. The second-order valence-electron chi connectivity index (χ2n) is 3.21. The zero-order valence-electron chi connectivity index (χ0n) is 9.54. The van der Waals surface area contributed by atoms with Crippen molar-refractivity contribution in [1.29, 1.82) is 0 Å². The molecule has 0 aromatic carbocycles. The van der Waals surface area contributed by atoms with Gasteiger partial charge in [0.2, 0.25) is 0 Å². The summed E-state index contributed by atoms with van der Waals surface area (Å²) in [7, 11) is 1.71. The van der Waals surface area contributed by atoms with Gasteiger partial charge in [-0.2, -0.15) is 11.8 Å². The lowest BCUT2D eigenvalue weighted by Gasteiger charge is -2.09. The topological polar surface area (TPSA) is 30.5 Å². The van der Waals surface area contributed by atoms with Crippen LogP contribution >= 0.6 is 11.8 Å². The van der Waals surface area contributed by atoms with Gasteiger partial charge in [-0.1, -0.05) is 6.92 Å². The molecule has 0 aromatic heterocycles. The van der Waals surface area contributed by atoms with Crippen LogP contribution in [0.15, 0.2) is 0 Å². The Labute approximate surface area is 91.9 Å². The van der Waals surface area contributed by atoms with Crippen LogP contribution in [-0.2, 0) is 9.47 Å². The molecule has 0 aliphatic rings. The minimum atomic E-state index is 0.684. The van der Waals surface area contributed by atoms with Crippen molar-refractivity contribution in [2.24, 2.45) is 0 Å². The van der Waals surface area contributed by atoms with Crippen molar-refractivity contribution in [3.63, 3.8) is 0 Å². The molecule has 0 amide bonds. The molecule has 0 saturated carbocycles. The van der Waals surface area contributed by atoms with Crippen LogP contribution in [0.5, 0.6) is 0 Å². The van der Waals surface area contributed by atoms with Gasteiger partial charge in [-0.05, 0) is 12.7 Å². The molecular formula is C10H23NO2S. The standard InChI is InChI=1S/C10H23NO2S/c1-10(14-3)9-11-5-8-13-7-4-6-12-2/h10-11H,4-9H2,1-3H3. The summed E-state index contributed by atoms with van der Waals surface area (Å²) in [5, 5.41) is 4.03. The molecular weight excluding hydrogens is 198 g/mol. The second-order valence-corrected chi connectivity index (χ2v) is 4.49. The maximum atomic E-state index is 5.40. The Morgan fingerprint density at radius 2 is 2.07 bits per heavy atom. The summed E-state index contributed by atoms with van der Waals surface area (Å²) in [6.45, 7) is 6.60. The van der Waals surface area contributed by atoms with Crippen molar-refractivity contribution in [2.75, 3.05) is 46.3 Å². The predicted molar refractivity (Wildman–Crippen MR) is 63.2 cm³/mol. The normalized spacial score (nSPS) is 13.1. The molecule has 3 nitrogen and oxygen atoms in total. The Hall–Kier alpha value is 0.230. The number of methoxy groups -OCH3 is 1. The highest BCUT2D eigenvalue weighted by Crippen LogP contribution is 2.01. The van der Waals surface area contributed by atoms with Crippen molar-refractivity contribution >= 4 is 11.8 Å². The first-order chi connectivity index (χ1) is 6.81. The molecule has 0 aliphatic heterocycles. The van der Waals surface area contributed by atoms with Gasteiger partial charge in [0, 0.05) is 38.7 Å². The van der Waals surface area contributed by atoms with Crippen LogP contribution in [0.3, 0.4) is 0 Å². The third-order valence-corrected chi connectivity index (χ3v) is 2.87. The molecule has 86 valence electrons. The highest BCUT2D eigenvalue weighted by Gasteiger charge is 1.96. The minimum absolute atomic E-state index is 0.684. The van der Waals surface area contributed by atoms with E-state index < -0.39 is 0 Å². The maximum absolute atomic E-state index is 5.40. The number of hydrogen-bond donors (Lipinski definition) is 1. The lowest BCUT2D eigenvalue weighted by atomic mass is 10.4. The van der Waals surface area contributed by atoms with E-state index >= 15 is 0 Å². The molecule has 0 aliphatic carbocycles. The van der Waals surface area contributed by atoms with Gasteiger partial charge >= 0.3 is 0 Å². The number of nitrogens with one attached hydrogen (secondary N) is 1. The zero-order valence-corrected chi connectivity index (χ0v) is 10.4. The van der Waals surface area contributed by atoms with Gasteiger partial charge in [-0.15, -0.1) is 0 Å². The number of thioether (sulfide) groups is 1. The van der Waals surface area contributed by atoms with Crippen molar-refractivity contribution in [3.05, 3.63) is 0 Å². The summed E-state index contributed by atoms with van der Waals surface area (Å²) in [6.07, 6.45) is 3.12. The van der Waals surface area contributed by atoms with Gasteiger partial charge in [0.05, 0.1) is 6.61 Å². The predicted octanol–water partition coefficient (Wildman–Crippen LogP) is 1.38. The van der Waals surface area contributed by atoms with E-state index in [4.69, 9.17) is 9.47 Å². The molecule has 0 rings (SSSR count). The van der Waals surface area contributed by atoms with Crippen LogP contribution in [0, 0.1) is 0 Å². The fourth-order valence-electron chi connectivity index (χ4n) is 0.940.